The van der Waals surface area contributed by atoms with Gasteiger partial charge in [0.1, 0.15) is 11.8 Å². The minimum absolute atomic E-state index is 0.147. The smallest absolute Gasteiger partial charge is 0.253 e. The van der Waals surface area contributed by atoms with Crippen LogP contribution in [0.4, 0.5) is 0 Å². The van der Waals surface area contributed by atoms with Gasteiger partial charge in [-0.1, -0.05) is 65.8 Å². The molecule has 0 saturated carbocycles. The molecule has 0 saturated heterocycles. The predicted molar refractivity (Wildman–Crippen MR) is 123 cm³/mol. The summed E-state index contributed by atoms with van der Waals surface area (Å²) < 4.78 is 5.59. The molecule has 32 heavy (non-hydrogen) atoms. The van der Waals surface area contributed by atoms with Crippen LogP contribution in [-0.4, -0.2) is 37.6 Å². The van der Waals surface area contributed by atoms with Crippen LogP contribution in [0.2, 0.25) is 5.02 Å². The first-order chi connectivity index (χ1) is 15.7. The number of nitrogens with zero attached hydrogens (tertiary/aromatic N) is 4. The number of thioether (sulfide) groups is 1. The second-order valence-corrected chi connectivity index (χ2v) is 8.53. The Bertz CT molecular complexity index is 1240. The zero-order chi connectivity index (χ0) is 21.9. The van der Waals surface area contributed by atoms with Crippen molar-refractivity contribution in [1.29, 1.82) is 0 Å². The number of furan rings is 1. The summed E-state index contributed by atoms with van der Waals surface area (Å²) >= 11 is 7.28. The van der Waals surface area contributed by atoms with Crippen LogP contribution in [0.15, 0.2) is 87.7 Å². The highest BCUT2D eigenvalue weighted by molar-refractivity contribution is 7.99. The molecule has 7 nitrogen and oxygen atoms in total. The molecule has 2 aromatic heterocycles. The minimum Gasteiger partial charge on any atom is -0.467 e. The third-order valence-electron chi connectivity index (χ3n) is 5.05. The second kappa shape index (κ2) is 9.02. The first kappa shape index (κ1) is 20.5. The lowest BCUT2D eigenvalue weighted by atomic mass is 10.0. The van der Waals surface area contributed by atoms with E-state index in [0.29, 0.717) is 28.2 Å². The van der Waals surface area contributed by atoms with E-state index in [1.807, 2.05) is 66.7 Å². The third-order valence-corrected chi connectivity index (χ3v) is 6.14. The van der Waals surface area contributed by atoms with Gasteiger partial charge in [0.05, 0.1) is 17.7 Å². The Morgan fingerprint density at radius 2 is 1.91 bits per heavy atom. The largest absolute Gasteiger partial charge is 0.467 e. The molecule has 0 radical (unpaired) electrons. The Kier molecular flexibility index (Phi) is 5.79. The van der Waals surface area contributed by atoms with Crippen LogP contribution in [0.3, 0.4) is 0 Å². The number of H-pyrrole nitrogens is 1. The molecule has 1 atom stereocenters. The van der Waals surface area contributed by atoms with Crippen LogP contribution in [0.1, 0.15) is 23.8 Å². The number of hydrazone groups is 1. The van der Waals surface area contributed by atoms with E-state index in [9.17, 15) is 4.79 Å². The number of halogens is 1. The molecule has 160 valence electrons. The molecule has 0 fully saturated rings. The fourth-order valence-corrected chi connectivity index (χ4v) is 4.26. The van der Waals surface area contributed by atoms with Gasteiger partial charge in [0, 0.05) is 17.0 Å². The molecular formula is C23H18ClN5O2S. The van der Waals surface area contributed by atoms with Crippen molar-refractivity contribution in [3.8, 4) is 11.4 Å². The van der Waals surface area contributed by atoms with E-state index in [1.165, 1.54) is 16.8 Å². The topological polar surface area (TPSA) is 87.4 Å². The second-order valence-electron chi connectivity index (χ2n) is 7.15. The normalized spacial score (nSPS) is 15.7. The number of rotatable bonds is 6. The number of carbonyl (C=O) groups excluding carboxylic acids is 1. The van der Waals surface area contributed by atoms with Gasteiger partial charge < -0.3 is 4.42 Å². The Morgan fingerprint density at radius 3 is 2.66 bits per heavy atom. The van der Waals surface area contributed by atoms with Gasteiger partial charge in [-0.15, -0.1) is 5.10 Å². The van der Waals surface area contributed by atoms with Crippen molar-refractivity contribution >= 4 is 35.0 Å². The van der Waals surface area contributed by atoms with Crippen molar-refractivity contribution < 1.29 is 9.21 Å². The number of aromatic amines is 1. The average molecular weight is 464 g/mol. The van der Waals surface area contributed by atoms with E-state index in [0.717, 1.165) is 16.8 Å². The fraction of sp³-hybridized carbons (Fsp3) is 0.130. The lowest BCUT2D eigenvalue weighted by molar-refractivity contribution is -0.130. The van der Waals surface area contributed by atoms with Gasteiger partial charge >= 0.3 is 0 Å². The van der Waals surface area contributed by atoms with Crippen LogP contribution in [0.25, 0.3) is 11.4 Å². The van der Waals surface area contributed by atoms with Crippen molar-refractivity contribution in [2.24, 2.45) is 5.10 Å². The van der Waals surface area contributed by atoms with Crippen LogP contribution in [0, 0.1) is 0 Å². The molecule has 2 aromatic carbocycles. The van der Waals surface area contributed by atoms with Gasteiger partial charge in [-0.3, -0.25) is 9.89 Å². The summed E-state index contributed by atoms with van der Waals surface area (Å²) in [6.45, 7) is 0. The molecule has 0 bridgehead atoms. The van der Waals surface area contributed by atoms with E-state index in [1.54, 1.807) is 6.26 Å². The highest BCUT2D eigenvalue weighted by Crippen LogP contribution is 2.34. The van der Waals surface area contributed by atoms with Crippen LogP contribution in [-0.2, 0) is 4.79 Å². The summed E-state index contributed by atoms with van der Waals surface area (Å²) in [5, 5.41) is 14.4. The van der Waals surface area contributed by atoms with Crippen LogP contribution >= 0.6 is 23.4 Å². The molecule has 5 rings (SSSR count). The van der Waals surface area contributed by atoms with Crippen molar-refractivity contribution in [1.82, 2.24) is 20.2 Å². The first-order valence-electron chi connectivity index (χ1n) is 9.97. The maximum Gasteiger partial charge on any atom is 0.253 e. The van der Waals surface area contributed by atoms with Gasteiger partial charge in [-0.2, -0.15) is 5.10 Å². The number of benzene rings is 2. The Hall–Kier alpha value is -3.36. The van der Waals surface area contributed by atoms with Crippen LogP contribution in [0.5, 0.6) is 0 Å². The Balaban J connectivity index is 1.32. The van der Waals surface area contributed by atoms with E-state index in [4.69, 9.17) is 16.0 Å². The maximum atomic E-state index is 13.1. The van der Waals surface area contributed by atoms with Gasteiger partial charge in [0.25, 0.3) is 5.91 Å². The zero-order valence-corrected chi connectivity index (χ0v) is 18.4. The molecule has 0 spiro atoms. The quantitative estimate of drug-likeness (QED) is 0.398. The highest BCUT2D eigenvalue weighted by Gasteiger charge is 2.34. The number of hydrogen-bond acceptors (Lipinski definition) is 6. The average Bonchev–Trinajstić information content (AvgIpc) is 3.59. The molecule has 9 heteroatoms. The van der Waals surface area contributed by atoms with Gasteiger partial charge in [-0.05, 0) is 29.8 Å². The lowest BCUT2D eigenvalue weighted by Gasteiger charge is -2.19. The summed E-state index contributed by atoms with van der Waals surface area (Å²) in [4.78, 5) is 17.6. The summed E-state index contributed by atoms with van der Waals surface area (Å²) in [5.41, 5.74) is 2.67. The number of aromatic nitrogens is 3. The van der Waals surface area contributed by atoms with E-state index in [2.05, 4.69) is 20.3 Å². The van der Waals surface area contributed by atoms with Crippen molar-refractivity contribution in [2.75, 3.05) is 5.75 Å². The summed E-state index contributed by atoms with van der Waals surface area (Å²) in [7, 11) is 0. The molecule has 4 aromatic rings. The third kappa shape index (κ3) is 4.32. The maximum absolute atomic E-state index is 13.1. The number of amides is 1. The molecule has 1 aliphatic rings. The van der Waals surface area contributed by atoms with Crippen molar-refractivity contribution in [3.05, 3.63) is 89.3 Å². The van der Waals surface area contributed by atoms with E-state index < -0.39 is 0 Å². The zero-order valence-electron chi connectivity index (χ0n) is 16.8. The SMILES string of the molecule is O=C(CSc1n[nH]c(-c2ccccc2)n1)N1N=C(c2ccc(Cl)cc2)C[C@@H]1c1ccco1. The van der Waals surface area contributed by atoms with E-state index in [-0.39, 0.29) is 17.7 Å². The monoisotopic (exact) mass is 463 g/mol. The fourth-order valence-electron chi connectivity index (χ4n) is 3.49. The first-order valence-corrected chi connectivity index (χ1v) is 11.3. The number of hydrogen-bond donors (Lipinski definition) is 1. The van der Waals surface area contributed by atoms with Gasteiger partial charge in [0.2, 0.25) is 5.16 Å². The van der Waals surface area contributed by atoms with Crippen LogP contribution < -0.4 is 0 Å². The molecule has 0 aliphatic carbocycles. The van der Waals surface area contributed by atoms with E-state index >= 15 is 0 Å². The molecule has 1 aliphatic heterocycles. The molecule has 1 amide bonds. The molecule has 0 unspecified atom stereocenters. The Labute approximate surface area is 193 Å². The van der Waals surface area contributed by atoms with Gasteiger partial charge in [0.15, 0.2) is 5.82 Å². The molecule has 1 N–H and O–H groups in total. The van der Waals surface area contributed by atoms with Gasteiger partial charge in [-0.25, -0.2) is 9.99 Å². The van der Waals surface area contributed by atoms with Crippen molar-refractivity contribution in [2.45, 2.75) is 17.6 Å². The minimum atomic E-state index is -0.296. The molecular weight excluding hydrogens is 446 g/mol. The highest BCUT2D eigenvalue weighted by atomic mass is 35.5. The summed E-state index contributed by atoms with van der Waals surface area (Å²) in [6, 6.07) is 20.5. The molecule has 3 heterocycles. The number of carbonyl (C=O) groups is 1. The van der Waals surface area contributed by atoms with Crippen molar-refractivity contribution in [3.63, 3.8) is 0 Å². The summed E-state index contributed by atoms with van der Waals surface area (Å²) in [6.07, 6.45) is 2.16. The lowest BCUT2D eigenvalue weighted by Crippen LogP contribution is -2.28. The summed E-state index contributed by atoms with van der Waals surface area (Å²) in [5.74, 6) is 1.37. The standard InChI is InChI=1S/C23H18ClN5O2S/c24-17-10-8-15(9-11-17)18-13-19(20-7-4-12-31-20)29(28-18)21(30)14-32-23-25-22(26-27-23)16-5-2-1-3-6-16/h1-12,19H,13-14H2,(H,25,26,27)/t19-/m1/s1. The number of nitrogens with one attached hydrogen (secondary N) is 1. The Morgan fingerprint density at radius 1 is 1.09 bits per heavy atom. The predicted octanol–water partition coefficient (Wildman–Crippen LogP) is 5.19.